The molecule has 1 N–H and O–H groups in total. The summed E-state index contributed by atoms with van der Waals surface area (Å²) >= 11 is 12.9. The lowest BCUT2D eigenvalue weighted by Crippen LogP contribution is -2.44. The number of likely N-dealkylation sites (N-methyl/N-ethyl adjacent to an activating group) is 1. The number of benzene rings is 2. The Balaban J connectivity index is 1.51. The van der Waals surface area contributed by atoms with E-state index in [0.29, 0.717) is 39.6 Å². The Bertz CT molecular complexity index is 1300. The summed E-state index contributed by atoms with van der Waals surface area (Å²) in [7, 11) is 2.15. The van der Waals surface area contributed by atoms with Gasteiger partial charge in [-0.2, -0.15) is 14.6 Å². The van der Waals surface area contributed by atoms with Crippen LogP contribution >= 0.6 is 23.2 Å². The number of hydrogen-bond acceptors (Lipinski definition) is 7. The highest BCUT2D eigenvalue weighted by Crippen LogP contribution is 2.35. The molecule has 0 bridgehead atoms. The second-order valence-electron chi connectivity index (χ2n) is 8.10. The average molecular weight is 498 g/mol. The first-order valence-electron chi connectivity index (χ1n) is 11.2. The number of halogens is 2. The zero-order valence-electron chi connectivity index (χ0n) is 19.0. The van der Waals surface area contributed by atoms with E-state index >= 15 is 0 Å². The van der Waals surface area contributed by atoms with Crippen molar-refractivity contribution >= 4 is 46.2 Å². The van der Waals surface area contributed by atoms with Gasteiger partial charge in [-0.25, -0.2) is 4.98 Å². The Kier molecular flexibility index (Phi) is 6.45. The molecule has 1 aliphatic rings. The van der Waals surface area contributed by atoms with E-state index in [0.717, 1.165) is 43.3 Å². The van der Waals surface area contributed by atoms with Crippen LogP contribution in [0.25, 0.3) is 17.0 Å². The maximum atomic E-state index is 6.43. The van der Waals surface area contributed by atoms with Gasteiger partial charge in [0.2, 0.25) is 5.95 Å². The molecule has 0 saturated carbocycles. The fourth-order valence-corrected chi connectivity index (χ4v) is 4.60. The van der Waals surface area contributed by atoms with Crippen molar-refractivity contribution in [2.24, 2.45) is 0 Å². The van der Waals surface area contributed by atoms with Gasteiger partial charge >= 0.3 is 0 Å². The fraction of sp³-hybridized carbons (Fsp3) is 0.292. The highest BCUT2D eigenvalue weighted by atomic mass is 35.5. The molecule has 0 atom stereocenters. The van der Waals surface area contributed by atoms with Gasteiger partial charge in [-0.15, -0.1) is 0 Å². The molecule has 34 heavy (non-hydrogen) atoms. The van der Waals surface area contributed by atoms with Crippen molar-refractivity contribution in [1.29, 1.82) is 0 Å². The number of anilines is 3. The number of rotatable bonds is 6. The van der Waals surface area contributed by atoms with Gasteiger partial charge < -0.3 is 19.9 Å². The molecule has 0 aliphatic carbocycles. The second kappa shape index (κ2) is 9.66. The van der Waals surface area contributed by atoms with Crippen molar-refractivity contribution in [2.45, 2.75) is 6.92 Å². The number of hydrogen-bond donors (Lipinski definition) is 1. The lowest BCUT2D eigenvalue weighted by atomic mass is 10.2. The smallest absolute Gasteiger partial charge is 0.232 e. The van der Waals surface area contributed by atoms with Gasteiger partial charge in [0.05, 0.1) is 34.1 Å². The van der Waals surface area contributed by atoms with Gasteiger partial charge in [-0.1, -0.05) is 29.3 Å². The summed E-state index contributed by atoms with van der Waals surface area (Å²) in [6.07, 6.45) is 1.68. The van der Waals surface area contributed by atoms with Crippen LogP contribution in [0.2, 0.25) is 10.0 Å². The number of piperazine rings is 1. The molecule has 8 nitrogen and oxygen atoms in total. The predicted octanol–water partition coefficient (Wildman–Crippen LogP) is 4.99. The molecule has 1 saturated heterocycles. The normalized spacial score (nSPS) is 14.5. The number of nitrogens with zero attached hydrogens (tertiary/aromatic N) is 6. The van der Waals surface area contributed by atoms with Gasteiger partial charge in [0.15, 0.2) is 11.5 Å². The molecule has 0 amide bonds. The molecule has 176 valence electrons. The average Bonchev–Trinajstić information content (AvgIpc) is 3.29. The highest BCUT2D eigenvalue weighted by molar-refractivity contribution is 6.39. The third kappa shape index (κ3) is 4.49. The lowest BCUT2D eigenvalue weighted by molar-refractivity contribution is 0.307. The van der Waals surface area contributed by atoms with Gasteiger partial charge in [0.1, 0.15) is 5.75 Å². The van der Waals surface area contributed by atoms with E-state index in [1.54, 1.807) is 28.9 Å². The largest absolute Gasteiger partial charge is 0.492 e. The minimum absolute atomic E-state index is 0.421. The minimum atomic E-state index is 0.421. The number of aromatic nitrogens is 4. The Labute approximate surface area is 208 Å². The Morgan fingerprint density at radius 3 is 2.50 bits per heavy atom. The van der Waals surface area contributed by atoms with Crippen LogP contribution in [0, 0.1) is 0 Å². The molecular formula is C24H25Cl2N7O. The molecule has 0 radical (unpaired) electrons. The molecular weight excluding hydrogens is 473 g/mol. The third-order valence-electron chi connectivity index (χ3n) is 5.80. The van der Waals surface area contributed by atoms with E-state index in [-0.39, 0.29) is 0 Å². The molecule has 2 aromatic carbocycles. The summed E-state index contributed by atoms with van der Waals surface area (Å²) in [4.78, 5) is 14.0. The summed E-state index contributed by atoms with van der Waals surface area (Å²) in [6.45, 7) is 6.55. The van der Waals surface area contributed by atoms with Crippen LogP contribution in [0.4, 0.5) is 17.3 Å². The van der Waals surface area contributed by atoms with Crippen molar-refractivity contribution < 1.29 is 4.74 Å². The van der Waals surface area contributed by atoms with Crippen molar-refractivity contribution in [2.75, 3.05) is 50.1 Å². The molecule has 1 fully saturated rings. The van der Waals surface area contributed by atoms with E-state index < -0.39 is 0 Å². The standard InChI is InChI=1S/C24H25Cl2N7O/c1-3-34-20-15-16(7-8-19(20)32-13-11-31(2)12-14-32)28-24-30-23(29-21-9-10-27-33(21)24)22-17(25)5-4-6-18(22)26/h4-10,15H,3,11-14H2,1-2H3,(H,28,29,30). The van der Waals surface area contributed by atoms with Crippen LogP contribution in [0.15, 0.2) is 48.7 Å². The summed E-state index contributed by atoms with van der Waals surface area (Å²) in [6, 6.07) is 13.3. The first kappa shape index (κ1) is 22.7. The molecule has 5 rings (SSSR count). The monoisotopic (exact) mass is 497 g/mol. The van der Waals surface area contributed by atoms with Crippen LogP contribution in [0.5, 0.6) is 5.75 Å². The molecule has 0 unspecified atom stereocenters. The third-order valence-corrected chi connectivity index (χ3v) is 6.43. The van der Waals surface area contributed by atoms with E-state index in [4.69, 9.17) is 32.9 Å². The van der Waals surface area contributed by atoms with Crippen LogP contribution in [-0.4, -0.2) is 64.3 Å². The Morgan fingerprint density at radius 2 is 1.76 bits per heavy atom. The maximum absolute atomic E-state index is 6.43. The minimum Gasteiger partial charge on any atom is -0.492 e. The molecule has 3 heterocycles. The Morgan fingerprint density at radius 1 is 1.00 bits per heavy atom. The van der Waals surface area contributed by atoms with Gasteiger partial charge in [0, 0.05) is 44.0 Å². The van der Waals surface area contributed by atoms with E-state index in [1.807, 2.05) is 25.1 Å². The number of ether oxygens (including phenoxy) is 1. The first-order valence-corrected chi connectivity index (χ1v) is 11.9. The molecule has 4 aromatic rings. The molecule has 0 spiro atoms. The lowest BCUT2D eigenvalue weighted by Gasteiger charge is -2.35. The quantitative estimate of drug-likeness (QED) is 0.402. The molecule has 1 aliphatic heterocycles. The topological polar surface area (TPSA) is 70.8 Å². The van der Waals surface area contributed by atoms with Crippen molar-refractivity contribution in [1.82, 2.24) is 24.5 Å². The number of fused-ring (bicyclic) bond motifs is 1. The van der Waals surface area contributed by atoms with E-state index in [1.165, 1.54) is 0 Å². The van der Waals surface area contributed by atoms with Crippen molar-refractivity contribution in [3.63, 3.8) is 0 Å². The maximum Gasteiger partial charge on any atom is 0.232 e. The zero-order chi connectivity index (χ0) is 23.7. The van der Waals surface area contributed by atoms with Crippen LogP contribution in [0.1, 0.15) is 6.92 Å². The van der Waals surface area contributed by atoms with Crippen molar-refractivity contribution in [3.05, 3.63) is 58.7 Å². The van der Waals surface area contributed by atoms with Gasteiger partial charge in [-0.05, 0) is 38.2 Å². The SMILES string of the molecule is CCOc1cc(Nc2nc(-c3c(Cl)cccc3Cl)nc3ccnn23)ccc1N1CCN(C)CC1. The van der Waals surface area contributed by atoms with Crippen molar-refractivity contribution in [3.8, 4) is 17.1 Å². The highest BCUT2D eigenvalue weighted by Gasteiger charge is 2.19. The summed E-state index contributed by atoms with van der Waals surface area (Å²) in [5.41, 5.74) is 3.13. The van der Waals surface area contributed by atoms with Gasteiger partial charge in [0.25, 0.3) is 0 Å². The molecule has 2 aromatic heterocycles. The predicted molar refractivity (Wildman–Crippen MR) is 137 cm³/mol. The summed E-state index contributed by atoms with van der Waals surface area (Å²) in [5.74, 6) is 1.75. The Hall–Kier alpha value is -3.07. The zero-order valence-corrected chi connectivity index (χ0v) is 20.5. The van der Waals surface area contributed by atoms with Crippen LogP contribution in [0.3, 0.4) is 0 Å². The second-order valence-corrected chi connectivity index (χ2v) is 8.91. The van der Waals surface area contributed by atoms with E-state index in [9.17, 15) is 0 Å². The summed E-state index contributed by atoms with van der Waals surface area (Å²) in [5, 5.41) is 8.71. The van der Waals surface area contributed by atoms with Crippen LogP contribution in [-0.2, 0) is 0 Å². The first-order chi connectivity index (χ1) is 16.5. The van der Waals surface area contributed by atoms with E-state index in [2.05, 4.69) is 38.3 Å². The molecule has 10 heteroatoms. The summed E-state index contributed by atoms with van der Waals surface area (Å²) < 4.78 is 7.65. The fourth-order valence-electron chi connectivity index (χ4n) is 4.03. The van der Waals surface area contributed by atoms with Crippen LogP contribution < -0.4 is 15.0 Å². The van der Waals surface area contributed by atoms with Gasteiger partial charge in [-0.3, -0.25) is 0 Å². The number of nitrogens with one attached hydrogen (secondary N) is 1.